The minimum atomic E-state index is -0.339. The lowest BCUT2D eigenvalue weighted by molar-refractivity contribution is 0.0792. The lowest BCUT2D eigenvalue weighted by atomic mass is 9.97. The van der Waals surface area contributed by atoms with Crippen LogP contribution in [0.25, 0.3) is 22.5 Å². The van der Waals surface area contributed by atoms with Gasteiger partial charge in [0.15, 0.2) is 11.5 Å². The summed E-state index contributed by atoms with van der Waals surface area (Å²) in [6, 6.07) is 31.3. The number of likely N-dealkylation sites (tertiary alicyclic amines) is 1. The lowest BCUT2D eigenvalue weighted by Crippen LogP contribution is -2.35. The van der Waals surface area contributed by atoms with E-state index in [1.54, 1.807) is 12.1 Å². The minimum absolute atomic E-state index is 0.175. The highest BCUT2D eigenvalue weighted by Crippen LogP contribution is 2.44. The second-order valence-corrected chi connectivity index (χ2v) is 12.0. The number of ether oxygens (including phenoxy) is 2. The van der Waals surface area contributed by atoms with Gasteiger partial charge in [-0.1, -0.05) is 102 Å². The molecule has 2 heterocycles. The molecule has 1 aliphatic heterocycles. The molecule has 0 saturated carbocycles. The number of piperidine rings is 1. The summed E-state index contributed by atoms with van der Waals surface area (Å²) in [5.41, 5.74) is 5.17. The maximum atomic E-state index is 13.2. The predicted octanol–water partition coefficient (Wildman–Crippen LogP) is 7.53. The summed E-state index contributed by atoms with van der Waals surface area (Å²) in [6.07, 6.45) is 1.35. The average Bonchev–Trinajstić information content (AvgIpc) is 3.55. The second-order valence-electron chi connectivity index (χ2n) is 11.6. The number of hydrogen-bond acceptors (Lipinski definition) is 7. The third-order valence-corrected chi connectivity index (χ3v) is 8.50. The Morgan fingerprint density at radius 2 is 1.51 bits per heavy atom. The average molecular weight is 652 g/mol. The van der Waals surface area contributed by atoms with Crippen molar-refractivity contribution in [3.63, 3.8) is 0 Å². The molecule has 47 heavy (non-hydrogen) atoms. The van der Waals surface area contributed by atoms with E-state index in [0.717, 1.165) is 54.7 Å². The summed E-state index contributed by atoms with van der Waals surface area (Å²) in [7, 11) is 0. The zero-order valence-corrected chi connectivity index (χ0v) is 27.1. The highest BCUT2D eigenvalue weighted by atomic mass is 35.5. The van der Waals surface area contributed by atoms with Gasteiger partial charge in [0.1, 0.15) is 24.7 Å². The topological polar surface area (TPSA) is 97.1 Å². The van der Waals surface area contributed by atoms with E-state index >= 15 is 0 Å². The van der Waals surface area contributed by atoms with Gasteiger partial charge in [0.05, 0.1) is 22.3 Å². The summed E-state index contributed by atoms with van der Waals surface area (Å²) in [5.74, 6) is 0.963. The van der Waals surface area contributed by atoms with E-state index in [2.05, 4.69) is 27.5 Å². The molecule has 4 aromatic carbocycles. The van der Waals surface area contributed by atoms with E-state index in [4.69, 9.17) is 25.6 Å². The first-order chi connectivity index (χ1) is 23.0. The summed E-state index contributed by atoms with van der Waals surface area (Å²) in [4.78, 5) is 15.6. The zero-order chi connectivity index (χ0) is 32.6. The van der Waals surface area contributed by atoms with Crippen molar-refractivity contribution in [2.75, 3.05) is 19.6 Å². The number of aromatic nitrogens is 1. The van der Waals surface area contributed by atoms with Gasteiger partial charge in [-0.15, -0.1) is 0 Å². The Bertz CT molecular complexity index is 1770. The van der Waals surface area contributed by atoms with Crippen LogP contribution in [0.4, 0.5) is 0 Å². The molecule has 0 atom stereocenters. The van der Waals surface area contributed by atoms with Crippen LogP contribution in [-0.4, -0.2) is 46.8 Å². The van der Waals surface area contributed by atoms with Gasteiger partial charge in [-0.25, -0.2) is 0 Å². The molecule has 1 aromatic heterocycles. The van der Waals surface area contributed by atoms with Crippen LogP contribution in [0.2, 0.25) is 5.02 Å². The van der Waals surface area contributed by atoms with Crippen LogP contribution in [0.15, 0.2) is 102 Å². The van der Waals surface area contributed by atoms with E-state index < -0.39 is 0 Å². The minimum Gasteiger partial charge on any atom is -0.488 e. The van der Waals surface area contributed by atoms with Gasteiger partial charge in [0, 0.05) is 32.2 Å². The number of amides is 1. The van der Waals surface area contributed by atoms with Gasteiger partial charge in [0.2, 0.25) is 0 Å². The van der Waals surface area contributed by atoms with Gasteiger partial charge < -0.3 is 24.4 Å². The molecule has 1 saturated heterocycles. The van der Waals surface area contributed by atoms with Crippen molar-refractivity contribution < 1.29 is 23.9 Å². The van der Waals surface area contributed by atoms with Crippen LogP contribution >= 0.6 is 11.6 Å². The van der Waals surface area contributed by atoms with Crippen LogP contribution in [0.5, 0.6) is 11.5 Å². The first kappa shape index (κ1) is 32.3. The number of rotatable bonds is 12. The zero-order valence-electron chi connectivity index (χ0n) is 26.3. The fourth-order valence-corrected chi connectivity index (χ4v) is 5.88. The first-order valence-electron chi connectivity index (χ1n) is 15.9. The highest BCUT2D eigenvalue weighted by molar-refractivity contribution is 6.32. The third-order valence-electron chi connectivity index (χ3n) is 8.20. The van der Waals surface area contributed by atoms with E-state index in [0.29, 0.717) is 53.2 Å². The van der Waals surface area contributed by atoms with E-state index in [9.17, 15) is 9.90 Å². The number of nitrogens with zero attached hydrogens (tertiary/aromatic N) is 2. The highest BCUT2D eigenvalue weighted by Gasteiger charge is 2.27. The Morgan fingerprint density at radius 3 is 2.13 bits per heavy atom. The van der Waals surface area contributed by atoms with Crippen molar-refractivity contribution in [1.82, 2.24) is 15.4 Å². The molecular formula is C38H38ClN3O5. The number of aliphatic hydroxyl groups excluding tert-OH is 1. The second kappa shape index (κ2) is 15.3. The Hall–Kier alpha value is -4.63. The molecule has 0 spiro atoms. The van der Waals surface area contributed by atoms with E-state index in [1.807, 2.05) is 79.7 Å². The van der Waals surface area contributed by atoms with Crippen molar-refractivity contribution in [3.05, 3.63) is 124 Å². The normalized spacial score (nSPS) is 13.8. The Morgan fingerprint density at radius 1 is 0.894 bits per heavy atom. The summed E-state index contributed by atoms with van der Waals surface area (Å²) < 4.78 is 18.5. The molecule has 1 aliphatic rings. The van der Waals surface area contributed by atoms with Crippen molar-refractivity contribution in [3.8, 4) is 33.9 Å². The maximum absolute atomic E-state index is 13.2. The van der Waals surface area contributed by atoms with Gasteiger partial charge in [0.25, 0.3) is 5.91 Å². The molecule has 0 aliphatic carbocycles. The standard InChI is InChI=1S/C38H38ClN3O5/c1-2-40-38(44)36-35(29-15-13-26(14-16-29)23-42-19-17-30(43)18-20-42)37(47-41-36)31-21-32(39)34(46-25-28-11-7-4-8-12-28)22-33(31)45-24-27-9-5-3-6-10-27/h3-16,21-22,30,43H,2,17-20,23-25H2,1H3,(H,40,44). The number of carbonyl (C=O) groups excluding carboxylic acids is 1. The van der Waals surface area contributed by atoms with Crippen LogP contribution < -0.4 is 14.8 Å². The fourth-order valence-electron chi connectivity index (χ4n) is 5.67. The Labute approximate surface area is 279 Å². The largest absolute Gasteiger partial charge is 0.488 e. The summed E-state index contributed by atoms with van der Waals surface area (Å²) in [5, 5.41) is 17.4. The van der Waals surface area contributed by atoms with Crippen LogP contribution in [0.1, 0.15) is 46.9 Å². The summed E-state index contributed by atoms with van der Waals surface area (Å²) in [6.45, 7) is 5.42. The molecule has 0 radical (unpaired) electrons. The van der Waals surface area contributed by atoms with Gasteiger partial charge >= 0.3 is 0 Å². The quantitative estimate of drug-likeness (QED) is 0.144. The predicted molar refractivity (Wildman–Crippen MR) is 182 cm³/mol. The van der Waals surface area contributed by atoms with Crippen molar-refractivity contribution in [2.24, 2.45) is 0 Å². The van der Waals surface area contributed by atoms with Crippen molar-refractivity contribution in [2.45, 2.75) is 45.6 Å². The van der Waals surface area contributed by atoms with Crippen LogP contribution in [0, 0.1) is 0 Å². The van der Waals surface area contributed by atoms with Gasteiger partial charge in [-0.3, -0.25) is 9.69 Å². The van der Waals surface area contributed by atoms with E-state index in [-0.39, 0.29) is 17.7 Å². The van der Waals surface area contributed by atoms with Gasteiger partial charge in [-0.2, -0.15) is 0 Å². The summed E-state index contributed by atoms with van der Waals surface area (Å²) >= 11 is 6.83. The molecule has 2 N–H and O–H groups in total. The first-order valence-corrected chi connectivity index (χ1v) is 16.3. The maximum Gasteiger partial charge on any atom is 0.274 e. The van der Waals surface area contributed by atoms with Crippen LogP contribution in [0.3, 0.4) is 0 Å². The monoisotopic (exact) mass is 651 g/mol. The Balaban J connectivity index is 1.37. The molecule has 0 unspecified atom stereocenters. The molecule has 8 nitrogen and oxygen atoms in total. The SMILES string of the molecule is CCNC(=O)c1noc(-c2cc(Cl)c(OCc3ccccc3)cc2OCc2ccccc2)c1-c1ccc(CN2CCC(O)CC2)cc1. The van der Waals surface area contributed by atoms with Crippen molar-refractivity contribution >= 4 is 17.5 Å². The molecule has 5 aromatic rings. The van der Waals surface area contributed by atoms with E-state index in [1.165, 1.54) is 0 Å². The number of aliphatic hydroxyl groups is 1. The fraction of sp³-hybridized carbons (Fsp3) is 0.263. The molecule has 9 heteroatoms. The van der Waals surface area contributed by atoms with Crippen molar-refractivity contribution in [1.29, 1.82) is 0 Å². The molecule has 0 bridgehead atoms. The Kier molecular flexibility index (Phi) is 10.5. The number of benzene rings is 4. The lowest BCUT2D eigenvalue weighted by Gasteiger charge is -2.29. The van der Waals surface area contributed by atoms with Crippen LogP contribution in [-0.2, 0) is 19.8 Å². The number of hydrogen-bond donors (Lipinski definition) is 2. The number of halogens is 1. The number of nitrogens with one attached hydrogen (secondary N) is 1. The molecule has 6 rings (SSSR count). The van der Waals surface area contributed by atoms with Gasteiger partial charge in [-0.05, 0) is 48.1 Å². The smallest absolute Gasteiger partial charge is 0.274 e. The number of carbonyl (C=O) groups is 1. The third kappa shape index (κ3) is 8.03. The molecular weight excluding hydrogens is 614 g/mol. The molecule has 1 fully saturated rings. The molecule has 242 valence electrons. The molecule has 1 amide bonds.